The van der Waals surface area contributed by atoms with Gasteiger partial charge in [-0.1, -0.05) is 35.3 Å². The number of benzene rings is 1. The van der Waals surface area contributed by atoms with Crippen molar-refractivity contribution in [3.05, 3.63) is 39.9 Å². The highest BCUT2D eigenvalue weighted by Crippen LogP contribution is 2.26. The Bertz CT molecular complexity index is 501. The molecule has 0 aliphatic carbocycles. The second-order valence-corrected chi connectivity index (χ2v) is 4.54. The molecule has 0 radical (unpaired) electrons. The van der Waals surface area contributed by atoms with Gasteiger partial charge in [-0.15, -0.1) is 0 Å². The molecule has 1 aromatic carbocycles. The van der Waals surface area contributed by atoms with E-state index in [0.29, 0.717) is 28.7 Å². The minimum atomic E-state index is -0.263. The molecule has 0 saturated heterocycles. The predicted molar refractivity (Wildman–Crippen MR) is 77.2 cm³/mol. The predicted octanol–water partition coefficient (Wildman–Crippen LogP) is 2.26. The van der Waals surface area contributed by atoms with E-state index in [-0.39, 0.29) is 11.8 Å². The molecule has 0 aromatic heterocycles. The summed E-state index contributed by atoms with van der Waals surface area (Å²) in [7, 11) is 0. The minimum Gasteiger partial charge on any atom is -0.355 e. The van der Waals surface area contributed by atoms with Crippen molar-refractivity contribution in [2.75, 3.05) is 13.1 Å². The quantitative estimate of drug-likeness (QED) is 0.647. The number of nitrogens with one attached hydrogen (secondary N) is 2. The first-order valence-corrected chi connectivity index (χ1v) is 6.40. The van der Waals surface area contributed by atoms with E-state index in [1.54, 1.807) is 24.3 Å². The van der Waals surface area contributed by atoms with Crippen LogP contribution in [-0.2, 0) is 9.59 Å². The van der Waals surface area contributed by atoms with Crippen LogP contribution in [0.1, 0.15) is 12.5 Å². The summed E-state index contributed by atoms with van der Waals surface area (Å²) in [5.74, 6) is -0.392. The van der Waals surface area contributed by atoms with Gasteiger partial charge in [-0.05, 0) is 17.7 Å². The van der Waals surface area contributed by atoms with E-state index in [2.05, 4.69) is 10.6 Å². The van der Waals surface area contributed by atoms with Crippen LogP contribution in [0.3, 0.4) is 0 Å². The van der Waals surface area contributed by atoms with Gasteiger partial charge in [0.1, 0.15) is 0 Å². The Morgan fingerprint density at radius 3 is 2.58 bits per heavy atom. The lowest BCUT2D eigenvalue weighted by Crippen LogP contribution is -2.32. The fraction of sp³-hybridized carbons (Fsp3) is 0.231. The third kappa shape index (κ3) is 5.77. The normalized spacial score (nSPS) is 10.5. The number of carbonyl (C=O) groups excluding carboxylic acids is 2. The van der Waals surface area contributed by atoms with Crippen LogP contribution in [0.15, 0.2) is 24.3 Å². The highest BCUT2D eigenvalue weighted by molar-refractivity contribution is 6.42. The van der Waals surface area contributed by atoms with Gasteiger partial charge in [0, 0.05) is 26.1 Å². The van der Waals surface area contributed by atoms with E-state index >= 15 is 0 Å². The summed E-state index contributed by atoms with van der Waals surface area (Å²) in [6, 6.07) is 5.19. The Morgan fingerprint density at radius 1 is 1.21 bits per heavy atom. The van der Waals surface area contributed by atoms with Crippen molar-refractivity contribution in [2.45, 2.75) is 6.92 Å². The van der Waals surface area contributed by atoms with Crippen LogP contribution in [0.5, 0.6) is 0 Å². The van der Waals surface area contributed by atoms with Gasteiger partial charge in [0.15, 0.2) is 0 Å². The zero-order chi connectivity index (χ0) is 14.3. The number of halogens is 2. The molecule has 0 bridgehead atoms. The van der Waals surface area contributed by atoms with E-state index < -0.39 is 0 Å². The molecule has 0 atom stereocenters. The molecule has 0 saturated carbocycles. The van der Waals surface area contributed by atoms with Crippen LogP contribution in [0.25, 0.3) is 6.08 Å². The average molecular weight is 301 g/mol. The van der Waals surface area contributed by atoms with E-state index in [4.69, 9.17) is 23.2 Å². The summed E-state index contributed by atoms with van der Waals surface area (Å²) in [6.07, 6.45) is 2.95. The maximum absolute atomic E-state index is 11.5. The molecule has 6 heteroatoms. The summed E-state index contributed by atoms with van der Waals surface area (Å²) in [5, 5.41) is 6.05. The number of amides is 2. The van der Waals surface area contributed by atoms with Gasteiger partial charge in [0.25, 0.3) is 0 Å². The highest BCUT2D eigenvalue weighted by Gasteiger charge is 2.01. The number of rotatable bonds is 5. The summed E-state index contributed by atoms with van der Waals surface area (Å²) in [6.45, 7) is 2.18. The summed E-state index contributed by atoms with van der Waals surface area (Å²) >= 11 is 11.8. The topological polar surface area (TPSA) is 58.2 Å². The molecule has 2 amide bonds. The van der Waals surface area contributed by atoms with Gasteiger partial charge in [-0.3, -0.25) is 9.59 Å². The number of carbonyl (C=O) groups is 2. The van der Waals surface area contributed by atoms with Crippen molar-refractivity contribution >= 4 is 41.1 Å². The maximum Gasteiger partial charge on any atom is 0.244 e. The lowest BCUT2D eigenvalue weighted by atomic mass is 10.2. The molecule has 0 aliphatic rings. The van der Waals surface area contributed by atoms with Crippen LogP contribution < -0.4 is 10.6 Å². The van der Waals surface area contributed by atoms with Crippen molar-refractivity contribution in [3.63, 3.8) is 0 Å². The van der Waals surface area contributed by atoms with Gasteiger partial charge in [0.05, 0.1) is 10.0 Å². The van der Waals surface area contributed by atoms with Crippen molar-refractivity contribution < 1.29 is 9.59 Å². The van der Waals surface area contributed by atoms with E-state index in [1.807, 2.05) is 0 Å². The summed E-state index contributed by atoms with van der Waals surface area (Å²) in [5.41, 5.74) is 0.672. The highest BCUT2D eigenvalue weighted by atomic mass is 35.5. The zero-order valence-corrected chi connectivity index (χ0v) is 11.9. The molecule has 1 aromatic rings. The molecular formula is C13H14Cl2N2O2. The van der Waals surface area contributed by atoms with Gasteiger partial charge in [-0.2, -0.15) is 0 Å². The largest absolute Gasteiger partial charge is 0.355 e. The van der Waals surface area contributed by atoms with E-state index in [9.17, 15) is 9.59 Å². The molecular weight excluding hydrogens is 287 g/mol. The lowest BCUT2D eigenvalue weighted by molar-refractivity contribution is -0.119. The van der Waals surface area contributed by atoms with Crippen molar-refractivity contribution in [1.82, 2.24) is 10.6 Å². The van der Waals surface area contributed by atoms with Crippen LogP contribution >= 0.6 is 23.2 Å². The zero-order valence-electron chi connectivity index (χ0n) is 10.4. The molecule has 0 unspecified atom stereocenters. The van der Waals surface area contributed by atoms with Crippen LogP contribution in [0, 0.1) is 0 Å². The van der Waals surface area contributed by atoms with Crippen molar-refractivity contribution in [3.8, 4) is 0 Å². The Hall–Kier alpha value is -1.52. The second-order valence-electron chi connectivity index (χ2n) is 3.75. The molecule has 0 fully saturated rings. The smallest absolute Gasteiger partial charge is 0.244 e. The third-order valence-corrected chi connectivity index (χ3v) is 3.03. The Balaban J connectivity index is 2.45. The molecule has 19 heavy (non-hydrogen) atoms. The average Bonchev–Trinajstić information content (AvgIpc) is 2.36. The van der Waals surface area contributed by atoms with Gasteiger partial charge in [-0.25, -0.2) is 0 Å². The Kier molecular flexibility index (Phi) is 6.39. The van der Waals surface area contributed by atoms with E-state index in [1.165, 1.54) is 13.0 Å². The van der Waals surface area contributed by atoms with Gasteiger partial charge >= 0.3 is 0 Å². The minimum absolute atomic E-state index is 0.129. The lowest BCUT2D eigenvalue weighted by Gasteiger charge is -2.03. The molecule has 2 N–H and O–H groups in total. The molecule has 4 nitrogen and oxygen atoms in total. The third-order valence-electron chi connectivity index (χ3n) is 2.19. The van der Waals surface area contributed by atoms with Gasteiger partial charge in [0.2, 0.25) is 11.8 Å². The SMILES string of the molecule is CC(=O)NCCNC(=O)C=Cc1cccc(Cl)c1Cl. The maximum atomic E-state index is 11.5. The monoisotopic (exact) mass is 300 g/mol. The summed E-state index contributed by atoms with van der Waals surface area (Å²) < 4.78 is 0. The second kappa shape index (κ2) is 7.81. The van der Waals surface area contributed by atoms with Crippen molar-refractivity contribution in [2.24, 2.45) is 0 Å². The van der Waals surface area contributed by atoms with Crippen LogP contribution in [0.4, 0.5) is 0 Å². The first kappa shape index (κ1) is 15.5. The molecule has 102 valence electrons. The summed E-state index contributed by atoms with van der Waals surface area (Å²) in [4.78, 5) is 22.1. The van der Waals surface area contributed by atoms with Crippen LogP contribution in [0.2, 0.25) is 10.0 Å². The number of hydrogen-bond acceptors (Lipinski definition) is 2. The molecule has 1 rings (SSSR count). The first-order valence-electron chi connectivity index (χ1n) is 5.65. The molecule has 0 heterocycles. The standard InChI is InChI=1S/C13H14Cl2N2O2/c1-9(18)16-7-8-17-12(19)6-5-10-3-2-4-11(14)13(10)15/h2-6H,7-8H2,1H3,(H,16,18)(H,17,19). The Labute approximate surface area is 121 Å². The fourth-order valence-electron chi connectivity index (χ4n) is 1.30. The molecule has 0 spiro atoms. The fourth-order valence-corrected chi connectivity index (χ4v) is 1.67. The van der Waals surface area contributed by atoms with Gasteiger partial charge < -0.3 is 10.6 Å². The first-order chi connectivity index (χ1) is 9.00. The number of hydrogen-bond donors (Lipinski definition) is 2. The van der Waals surface area contributed by atoms with Crippen molar-refractivity contribution in [1.29, 1.82) is 0 Å². The van der Waals surface area contributed by atoms with Crippen LogP contribution in [-0.4, -0.2) is 24.9 Å². The Morgan fingerprint density at radius 2 is 1.89 bits per heavy atom. The molecule has 0 aliphatic heterocycles. The van der Waals surface area contributed by atoms with E-state index in [0.717, 1.165) is 0 Å².